The van der Waals surface area contributed by atoms with E-state index >= 15 is 0 Å². The largest absolute Gasteiger partial charge is 0.451 e. The average molecular weight is 216 g/mol. The first-order valence-electron chi connectivity index (χ1n) is 4.51. The monoisotopic (exact) mass is 216 g/mol. The average Bonchev–Trinajstić information content (AvgIpc) is 2.81. The van der Waals surface area contributed by atoms with Gasteiger partial charge in [-0.3, -0.25) is 9.59 Å². The molecule has 80 valence electrons. The third kappa shape index (κ3) is 1.83. The first-order chi connectivity index (χ1) is 7.68. The van der Waals surface area contributed by atoms with Crippen molar-refractivity contribution in [3.63, 3.8) is 0 Å². The van der Waals surface area contributed by atoms with Gasteiger partial charge in [0.15, 0.2) is 6.39 Å². The van der Waals surface area contributed by atoms with Crippen molar-refractivity contribution in [1.29, 1.82) is 0 Å². The van der Waals surface area contributed by atoms with Crippen molar-refractivity contribution >= 4 is 11.7 Å². The number of benzene rings is 1. The molecule has 0 spiro atoms. The number of rotatable bonds is 3. The van der Waals surface area contributed by atoms with Gasteiger partial charge in [0, 0.05) is 11.1 Å². The first-order valence-corrected chi connectivity index (χ1v) is 4.51. The molecule has 5 heteroatoms. The number of oxazole rings is 1. The Bertz CT molecular complexity index is 515. The second-order valence-electron chi connectivity index (χ2n) is 3.14. The summed E-state index contributed by atoms with van der Waals surface area (Å²) in [4.78, 5) is 25.8. The minimum Gasteiger partial charge on any atom is -0.451 e. The lowest BCUT2D eigenvalue weighted by Crippen LogP contribution is -2.22. The molecule has 0 saturated carbocycles. The van der Waals surface area contributed by atoms with Gasteiger partial charge in [-0.1, -0.05) is 24.3 Å². The maximum absolute atomic E-state index is 11.2. The third-order valence-corrected chi connectivity index (χ3v) is 2.10. The van der Waals surface area contributed by atoms with E-state index in [2.05, 4.69) is 4.98 Å². The van der Waals surface area contributed by atoms with Crippen molar-refractivity contribution in [2.24, 2.45) is 5.73 Å². The van der Waals surface area contributed by atoms with Crippen molar-refractivity contribution in [2.75, 3.05) is 0 Å². The van der Waals surface area contributed by atoms with Gasteiger partial charge in [-0.25, -0.2) is 4.98 Å². The normalized spacial score (nSPS) is 10.0. The SMILES string of the molecule is NC(=O)C(=O)c1ccc(-c2cocn2)cc1. The highest BCUT2D eigenvalue weighted by Gasteiger charge is 2.12. The summed E-state index contributed by atoms with van der Waals surface area (Å²) >= 11 is 0. The second kappa shape index (κ2) is 3.98. The van der Waals surface area contributed by atoms with Gasteiger partial charge in [0.25, 0.3) is 5.91 Å². The number of nitrogens with zero attached hydrogens (tertiary/aromatic N) is 1. The molecular formula is C11H8N2O3. The molecule has 2 rings (SSSR count). The van der Waals surface area contributed by atoms with E-state index in [0.717, 1.165) is 5.56 Å². The van der Waals surface area contributed by atoms with E-state index in [1.807, 2.05) is 0 Å². The van der Waals surface area contributed by atoms with Gasteiger partial charge in [0.05, 0.1) is 0 Å². The van der Waals surface area contributed by atoms with E-state index in [9.17, 15) is 9.59 Å². The number of ketones is 1. The van der Waals surface area contributed by atoms with Gasteiger partial charge < -0.3 is 10.2 Å². The number of carbonyl (C=O) groups excluding carboxylic acids is 2. The van der Waals surface area contributed by atoms with E-state index < -0.39 is 11.7 Å². The minimum absolute atomic E-state index is 0.264. The highest BCUT2D eigenvalue weighted by molar-refractivity contribution is 6.42. The first kappa shape index (κ1) is 10.1. The minimum atomic E-state index is -0.964. The summed E-state index contributed by atoms with van der Waals surface area (Å²) in [7, 11) is 0. The van der Waals surface area contributed by atoms with Gasteiger partial charge >= 0.3 is 0 Å². The Hall–Kier alpha value is -2.43. The Morgan fingerprint density at radius 2 is 1.88 bits per heavy atom. The zero-order valence-corrected chi connectivity index (χ0v) is 8.21. The number of primary amides is 1. The van der Waals surface area contributed by atoms with Crippen molar-refractivity contribution < 1.29 is 14.0 Å². The maximum atomic E-state index is 11.2. The lowest BCUT2D eigenvalue weighted by molar-refractivity contribution is -0.114. The van der Waals surface area contributed by atoms with Crippen molar-refractivity contribution in [1.82, 2.24) is 4.98 Å². The zero-order valence-electron chi connectivity index (χ0n) is 8.21. The Morgan fingerprint density at radius 3 is 2.38 bits per heavy atom. The fourth-order valence-corrected chi connectivity index (χ4v) is 1.29. The molecule has 1 aromatic carbocycles. The lowest BCUT2D eigenvalue weighted by atomic mass is 10.1. The number of hydrogen-bond acceptors (Lipinski definition) is 4. The summed E-state index contributed by atoms with van der Waals surface area (Å²) in [5.41, 5.74) is 6.61. The Balaban J connectivity index is 2.30. The van der Waals surface area contributed by atoms with Crippen LogP contribution in [0.25, 0.3) is 11.3 Å². The molecule has 1 heterocycles. The van der Waals surface area contributed by atoms with Crippen LogP contribution in [-0.2, 0) is 4.79 Å². The number of aromatic nitrogens is 1. The molecule has 0 saturated heterocycles. The molecule has 2 aromatic rings. The van der Waals surface area contributed by atoms with Crippen LogP contribution in [-0.4, -0.2) is 16.7 Å². The number of carbonyl (C=O) groups is 2. The second-order valence-corrected chi connectivity index (χ2v) is 3.14. The molecule has 16 heavy (non-hydrogen) atoms. The molecule has 5 nitrogen and oxygen atoms in total. The molecular weight excluding hydrogens is 208 g/mol. The predicted octanol–water partition coefficient (Wildman–Crippen LogP) is 1.01. The van der Waals surface area contributed by atoms with E-state index in [1.54, 1.807) is 12.1 Å². The molecule has 0 atom stereocenters. The number of nitrogens with two attached hydrogens (primary N) is 1. The van der Waals surface area contributed by atoms with Crippen LogP contribution in [0.1, 0.15) is 10.4 Å². The highest BCUT2D eigenvalue weighted by Crippen LogP contribution is 2.17. The summed E-state index contributed by atoms with van der Waals surface area (Å²) in [5, 5.41) is 0. The fourth-order valence-electron chi connectivity index (χ4n) is 1.29. The lowest BCUT2D eigenvalue weighted by Gasteiger charge is -1.98. The van der Waals surface area contributed by atoms with Gasteiger partial charge in [0.2, 0.25) is 5.78 Å². The van der Waals surface area contributed by atoms with Crippen LogP contribution in [0.2, 0.25) is 0 Å². The Kier molecular flexibility index (Phi) is 2.51. The molecule has 0 radical (unpaired) electrons. The van der Waals surface area contributed by atoms with Crippen LogP contribution >= 0.6 is 0 Å². The Morgan fingerprint density at radius 1 is 1.19 bits per heavy atom. The number of amides is 1. The molecule has 0 bridgehead atoms. The maximum Gasteiger partial charge on any atom is 0.289 e. The molecule has 0 aliphatic rings. The predicted molar refractivity (Wildman–Crippen MR) is 55.5 cm³/mol. The van der Waals surface area contributed by atoms with Crippen LogP contribution < -0.4 is 5.73 Å². The van der Waals surface area contributed by atoms with Gasteiger partial charge in [-0.15, -0.1) is 0 Å². The van der Waals surface area contributed by atoms with Crippen LogP contribution in [0, 0.1) is 0 Å². The molecule has 0 aliphatic heterocycles. The molecule has 0 unspecified atom stereocenters. The summed E-state index contributed by atoms with van der Waals surface area (Å²) in [6, 6.07) is 6.40. The summed E-state index contributed by atoms with van der Waals surface area (Å²) < 4.78 is 4.83. The van der Waals surface area contributed by atoms with E-state index in [4.69, 9.17) is 10.2 Å². The summed E-state index contributed by atoms with van der Waals surface area (Å²) in [6.07, 6.45) is 2.81. The van der Waals surface area contributed by atoms with Gasteiger partial charge in [-0.2, -0.15) is 0 Å². The molecule has 1 amide bonds. The van der Waals surface area contributed by atoms with Crippen LogP contribution in [0.15, 0.2) is 41.3 Å². The van der Waals surface area contributed by atoms with Crippen molar-refractivity contribution in [3.05, 3.63) is 42.5 Å². The number of hydrogen-bond donors (Lipinski definition) is 1. The molecule has 0 fully saturated rings. The van der Waals surface area contributed by atoms with E-state index in [-0.39, 0.29) is 5.56 Å². The standard InChI is InChI=1S/C11H8N2O3/c12-11(15)10(14)8-3-1-7(2-4-8)9-5-16-6-13-9/h1-6H,(H2,12,15). The molecule has 2 N–H and O–H groups in total. The zero-order chi connectivity index (χ0) is 11.5. The topological polar surface area (TPSA) is 86.2 Å². The van der Waals surface area contributed by atoms with Crippen LogP contribution in [0.5, 0.6) is 0 Å². The Labute approximate surface area is 90.9 Å². The van der Waals surface area contributed by atoms with Crippen molar-refractivity contribution in [3.8, 4) is 11.3 Å². The summed E-state index contributed by atoms with van der Waals surface area (Å²) in [5.74, 6) is -1.67. The van der Waals surface area contributed by atoms with Crippen LogP contribution in [0.4, 0.5) is 0 Å². The van der Waals surface area contributed by atoms with E-state index in [0.29, 0.717) is 5.69 Å². The summed E-state index contributed by atoms with van der Waals surface area (Å²) in [6.45, 7) is 0. The highest BCUT2D eigenvalue weighted by atomic mass is 16.3. The van der Waals surface area contributed by atoms with Gasteiger partial charge in [-0.05, 0) is 0 Å². The fraction of sp³-hybridized carbons (Fsp3) is 0. The van der Waals surface area contributed by atoms with Crippen LogP contribution in [0.3, 0.4) is 0 Å². The third-order valence-electron chi connectivity index (χ3n) is 2.10. The quantitative estimate of drug-likeness (QED) is 0.612. The molecule has 1 aromatic heterocycles. The van der Waals surface area contributed by atoms with Crippen molar-refractivity contribution in [2.45, 2.75) is 0 Å². The van der Waals surface area contributed by atoms with Gasteiger partial charge in [0.1, 0.15) is 12.0 Å². The molecule has 0 aliphatic carbocycles. The smallest absolute Gasteiger partial charge is 0.289 e. The number of Topliss-reactive ketones (excluding diaryl/α,β-unsaturated/α-hetero) is 1. The van der Waals surface area contributed by atoms with E-state index in [1.165, 1.54) is 24.8 Å².